The third kappa shape index (κ3) is 2.97. The minimum Gasteiger partial charge on any atom is -0.492 e. The van der Waals surface area contributed by atoms with E-state index >= 15 is 0 Å². The molecule has 0 aliphatic heterocycles. The van der Waals surface area contributed by atoms with Crippen molar-refractivity contribution in [2.45, 2.75) is 40.0 Å². The Bertz CT molecular complexity index is 350. The van der Waals surface area contributed by atoms with Crippen LogP contribution in [0.15, 0.2) is 16.6 Å². The second-order valence-electron chi connectivity index (χ2n) is 4.81. The lowest BCUT2D eigenvalue weighted by Gasteiger charge is -2.24. The Kier molecular flexibility index (Phi) is 3.82. The summed E-state index contributed by atoms with van der Waals surface area (Å²) in [6, 6.07) is 4.30. The summed E-state index contributed by atoms with van der Waals surface area (Å²) in [6.07, 6.45) is 0. The highest BCUT2D eigenvalue weighted by Gasteiger charge is 2.21. The summed E-state index contributed by atoms with van der Waals surface area (Å²) in [5.74, 6) is 0.982. The Morgan fingerprint density at radius 2 is 1.87 bits per heavy atom. The molecule has 0 heterocycles. The zero-order chi connectivity index (χ0) is 11.6. The molecule has 0 atom stereocenters. The molecule has 0 amide bonds. The lowest BCUT2D eigenvalue weighted by molar-refractivity contribution is 0.327. The molecule has 2 heteroatoms. The van der Waals surface area contributed by atoms with Crippen molar-refractivity contribution < 1.29 is 4.74 Å². The molecule has 84 valence electrons. The summed E-state index contributed by atoms with van der Waals surface area (Å²) >= 11 is 3.57. The van der Waals surface area contributed by atoms with Gasteiger partial charge in [-0.05, 0) is 46.8 Å². The molecule has 0 N–H and O–H groups in total. The van der Waals surface area contributed by atoms with Gasteiger partial charge in [-0.3, -0.25) is 0 Å². The van der Waals surface area contributed by atoms with Crippen LogP contribution in [0.1, 0.15) is 38.8 Å². The molecule has 0 saturated carbocycles. The van der Waals surface area contributed by atoms with Crippen LogP contribution in [0.2, 0.25) is 0 Å². The smallest absolute Gasteiger partial charge is 0.137 e. The first-order valence-electron chi connectivity index (χ1n) is 5.29. The van der Waals surface area contributed by atoms with Crippen molar-refractivity contribution in [2.24, 2.45) is 0 Å². The first-order chi connectivity index (χ1) is 6.86. The van der Waals surface area contributed by atoms with Crippen LogP contribution in [0.3, 0.4) is 0 Å². The zero-order valence-corrected chi connectivity index (χ0v) is 11.7. The zero-order valence-electron chi connectivity index (χ0n) is 10.1. The molecule has 0 radical (unpaired) electrons. The molecule has 0 aliphatic carbocycles. The number of benzene rings is 1. The van der Waals surface area contributed by atoms with Crippen LogP contribution in [0.4, 0.5) is 0 Å². The molecule has 0 saturated heterocycles. The molecule has 0 aliphatic rings. The fraction of sp³-hybridized carbons (Fsp3) is 0.538. The minimum atomic E-state index is 0.110. The van der Waals surface area contributed by atoms with Crippen LogP contribution in [0.25, 0.3) is 0 Å². The maximum absolute atomic E-state index is 5.70. The van der Waals surface area contributed by atoms with Gasteiger partial charge in [0.15, 0.2) is 0 Å². The third-order valence-electron chi connectivity index (χ3n) is 2.28. The first-order valence-corrected chi connectivity index (χ1v) is 6.09. The number of hydrogen-bond acceptors (Lipinski definition) is 1. The molecule has 1 rings (SSSR count). The Labute approximate surface area is 101 Å². The fourth-order valence-corrected chi connectivity index (χ4v) is 2.27. The normalized spacial score (nSPS) is 11.6. The van der Waals surface area contributed by atoms with Crippen LogP contribution in [-0.4, -0.2) is 6.61 Å². The molecule has 0 fully saturated rings. The molecule has 0 bridgehead atoms. The summed E-state index contributed by atoms with van der Waals surface area (Å²) < 4.78 is 6.75. The van der Waals surface area contributed by atoms with Crippen LogP contribution < -0.4 is 4.74 Å². The highest BCUT2D eigenvalue weighted by Crippen LogP contribution is 2.37. The standard InChI is InChI=1S/C13H19BrO/c1-6-15-12-10(13(3,4)5)7-9(2)8-11(12)14/h7-8H,6H2,1-5H3. The second-order valence-corrected chi connectivity index (χ2v) is 5.66. The molecule has 1 aromatic rings. The van der Waals surface area contributed by atoms with Gasteiger partial charge in [0.2, 0.25) is 0 Å². The van der Waals surface area contributed by atoms with Crippen molar-refractivity contribution in [1.29, 1.82) is 0 Å². The molecule has 0 unspecified atom stereocenters. The molecule has 1 aromatic carbocycles. The predicted octanol–water partition coefficient (Wildman–Crippen LogP) is 4.45. The van der Waals surface area contributed by atoms with Gasteiger partial charge in [-0.2, -0.15) is 0 Å². The molecule has 0 spiro atoms. The average molecular weight is 271 g/mol. The van der Waals surface area contributed by atoms with Crippen molar-refractivity contribution in [1.82, 2.24) is 0 Å². The van der Waals surface area contributed by atoms with Crippen LogP contribution >= 0.6 is 15.9 Å². The van der Waals surface area contributed by atoms with E-state index in [-0.39, 0.29) is 5.41 Å². The van der Waals surface area contributed by atoms with Crippen molar-refractivity contribution in [3.63, 3.8) is 0 Å². The van der Waals surface area contributed by atoms with E-state index < -0.39 is 0 Å². The van der Waals surface area contributed by atoms with Gasteiger partial charge in [-0.1, -0.05) is 26.8 Å². The molecule has 0 aromatic heterocycles. The fourth-order valence-electron chi connectivity index (χ4n) is 1.58. The van der Waals surface area contributed by atoms with Gasteiger partial charge in [-0.15, -0.1) is 0 Å². The Balaban J connectivity index is 3.33. The highest BCUT2D eigenvalue weighted by atomic mass is 79.9. The van der Waals surface area contributed by atoms with Gasteiger partial charge in [0, 0.05) is 5.56 Å². The van der Waals surface area contributed by atoms with Gasteiger partial charge in [0.05, 0.1) is 11.1 Å². The predicted molar refractivity (Wildman–Crippen MR) is 68.7 cm³/mol. The van der Waals surface area contributed by atoms with Gasteiger partial charge in [0.1, 0.15) is 5.75 Å². The summed E-state index contributed by atoms with van der Waals surface area (Å²) in [6.45, 7) is 11.4. The van der Waals surface area contributed by atoms with E-state index in [9.17, 15) is 0 Å². The van der Waals surface area contributed by atoms with Gasteiger partial charge < -0.3 is 4.74 Å². The number of rotatable bonds is 2. The van der Waals surface area contributed by atoms with Crippen LogP contribution in [0.5, 0.6) is 5.75 Å². The SMILES string of the molecule is CCOc1c(Br)cc(C)cc1C(C)(C)C. The third-order valence-corrected chi connectivity index (χ3v) is 2.87. The number of aryl methyl sites for hydroxylation is 1. The maximum atomic E-state index is 5.70. The lowest BCUT2D eigenvalue weighted by atomic mass is 9.85. The second kappa shape index (κ2) is 4.56. The van der Waals surface area contributed by atoms with Gasteiger partial charge in [0.25, 0.3) is 0 Å². The lowest BCUT2D eigenvalue weighted by Crippen LogP contribution is -2.14. The van der Waals surface area contributed by atoms with Gasteiger partial charge >= 0.3 is 0 Å². The monoisotopic (exact) mass is 270 g/mol. The summed E-state index contributed by atoms with van der Waals surface area (Å²) in [5, 5.41) is 0. The largest absolute Gasteiger partial charge is 0.492 e. The summed E-state index contributed by atoms with van der Waals surface area (Å²) in [7, 11) is 0. The summed E-state index contributed by atoms with van der Waals surface area (Å²) in [5.41, 5.74) is 2.63. The maximum Gasteiger partial charge on any atom is 0.137 e. The van der Waals surface area contributed by atoms with E-state index in [2.05, 4.69) is 55.8 Å². The molecular weight excluding hydrogens is 252 g/mol. The number of hydrogen-bond donors (Lipinski definition) is 0. The van der Waals surface area contributed by atoms with E-state index in [1.165, 1.54) is 11.1 Å². The van der Waals surface area contributed by atoms with E-state index in [0.717, 1.165) is 10.2 Å². The van der Waals surface area contributed by atoms with Crippen molar-refractivity contribution in [3.8, 4) is 5.75 Å². The Hall–Kier alpha value is -0.500. The van der Waals surface area contributed by atoms with E-state index in [1.54, 1.807) is 0 Å². The van der Waals surface area contributed by atoms with Crippen molar-refractivity contribution in [3.05, 3.63) is 27.7 Å². The molecule has 1 nitrogen and oxygen atoms in total. The van der Waals surface area contributed by atoms with Gasteiger partial charge in [-0.25, -0.2) is 0 Å². The number of halogens is 1. The highest BCUT2D eigenvalue weighted by molar-refractivity contribution is 9.10. The van der Waals surface area contributed by atoms with Crippen LogP contribution in [-0.2, 0) is 5.41 Å². The molecule has 15 heavy (non-hydrogen) atoms. The Morgan fingerprint density at radius 1 is 1.27 bits per heavy atom. The molecular formula is C13H19BrO. The van der Waals surface area contributed by atoms with E-state index in [4.69, 9.17) is 4.74 Å². The van der Waals surface area contributed by atoms with E-state index in [1.807, 2.05) is 6.92 Å². The Morgan fingerprint density at radius 3 is 2.33 bits per heavy atom. The first kappa shape index (κ1) is 12.6. The van der Waals surface area contributed by atoms with Crippen LogP contribution in [0, 0.1) is 6.92 Å². The van der Waals surface area contributed by atoms with Crippen molar-refractivity contribution >= 4 is 15.9 Å². The summed E-state index contributed by atoms with van der Waals surface area (Å²) in [4.78, 5) is 0. The number of ether oxygens (including phenoxy) is 1. The quantitative estimate of drug-likeness (QED) is 0.772. The van der Waals surface area contributed by atoms with E-state index in [0.29, 0.717) is 6.61 Å². The average Bonchev–Trinajstić information content (AvgIpc) is 2.07. The minimum absolute atomic E-state index is 0.110. The topological polar surface area (TPSA) is 9.23 Å². The van der Waals surface area contributed by atoms with Crippen molar-refractivity contribution in [2.75, 3.05) is 6.61 Å².